The first-order chi connectivity index (χ1) is 14.3. The smallest absolute Gasteiger partial charge is 0.338 e. The minimum atomic E-state index is -3.48. The van der Waals surface area contributed by atoms with E-state index >= 15 is 0 Å². The number of aromatic nitrogens is 2. The fourth-order valence-electron chi connectivity index (χ4n) is 2.67. The van der Waals surface area contributed by atoms with Gasteiger partial charge in [0.05, 0.1) is 16.1 Å². The predicted molar refractivity (Wildman–Crippen MR) is 111 cm³/mol. The van der Waals surface area contributed by atoms with E-state index in [-0.39, 0.29) is 18.1 Å². The molecule has 1 heterocycles. The average Bonchev–Trinajstić information content (AvgIpc) is 3.17. The molecule has 30 heavy (non-hydrogen) atoms. The van der Waals surface area contributed by atoms with Gasteiger partial charge in [-0.25, -0.2) is 22.2 Å². The van der Waals surface area contributed by atoms with Crippen molar-refractivity contribution in [3.05, 3.63) is 72.1 Å². The molecule has 8 nitrogen and oxygen atoms in total. The zero-order chi connectivity index (χ0) is 21.7. The van der Waals surface area contributed by atoms with Gasteiger partial charge in [-0.1, -0.05) is 0 Å². The van der Waals surface area contributed by atoms with E-state index in [0.717, 1.165) is 15.7 Å². The van der Waals surface area contributed by atoms with Gasteiger partial charge < -0.3 is 9.47 Å². The number of nitrogens with zero attached hydrogens (tertiary/aromatic N) is 3. The molecule has 0 atom stereocenters. The Morgan fingerprint density at radius 1 is 1.00 bits per heavy atom. The summed E-state index contributed by atoms with van der Waals surface area (Å²) < 4.78 is 37.7. The molecule has 0 bridgehead atoms. The first-order valence-electron chi connectivity index (χ1n) is 9.22. The molecule has 9 heteroatoms. The zero-order valence-corrected chi connectivity index (χ0v) is 17.8. The molecule has 0 radical (unpaired) electrons. The Labute approximate surface area is 175 Å². The lowest BCUT2D eigenvalue weighted by Crippen LogP contribution is -2.22. The number of ether oxygens (including phenoxy) is 2. The molecule has 0 fully saturated rings. The maximum atomic E-state index is 12.2. The number of hydrogen-bond acceptors (Lipinski definition) is 6. The summed E-state index contributed by atoms with van der Waals surface area (Å²) in [4.78, 5) is 12.3. The van der Waals surface area contributed by atoms with Crippen molar-refractivity contribution in [2.45, 2.75) is 11.8 Å². The third kappa shape index (κ3) is 4.87. The molecular formula is C21H23N3O5S. The lowest BCUT2D eigenvalue weighted by atomic mass is 10.2. The van der Waals surface area contributed by atoms with Crippen LogP contribution in [0.3, 0.4) is 0 Å². The van der Waals surface area contributed by atoms with E-state index in [1.54, 1.807) is 47.3 Å². The van der Waals surface area contributed by atoms with Crippen molar-refractivity contribution in [3.8, 4) is 11.4 Å². The van der Waals surface area contributed by atoms with E-state index in [1.807, 2.05) is 13.0 Å². The molecule has 3 aromatic rings. The van der Waals surface area contributed by atoms with Gasteiger partial charge in [-0.3, -0.25) is 0 Å². The van der Waals surface area contributed by atoms with E-state index in [2.05, 4.69) is 5.10 Å². The SMILES string of the molecule is Cc1ccnn1-c1ccc(C(=O)OCCOc2ccc(S(=O)(=O)N(C)C)cc2)cc1. The van der Waals surface area contributed by atoms with Crippen molar-refractivity contribution >= 4 is 16.0 Å². The van der Waals surface area contributed by atoms with Gasteiger partial charge in [0.1, 0.15) is 19.0 Å². The van der Waals surface area contributed by atoms with E-state index < -0.39 is 16.0 Å². The van der Waals surface area contributed by atoms with Gasteiger partial charge in [0, 0.05) is 26.0 Å². The summed E-state index contributed by atoms with van der Waals surface area (Å²) in [6.07, 6.45) is 1.71. The number of carbonyl (C=O) groups is 1. The minimum absolute atomic E-state index is 0.0661. The molecule has 0 amide bonds. The topological polar surface area (TPSA) is 90.7 Å². The summed E-state index contributed by atoms with van der Waals surface area (Å²) in [5.74, 6) is 0.0393. The number of sulfonamides is 1. The van der Waals surface area contributed by atoms with Crippen molar-refractivity contribution in [2.75, 3.05) is 27.3 Å². The minimum Gasteiger partial charge on any atom is -0.490 e. The molecule has 0 spiro atoms. The van der Waals surface area contributed by atoms with Gasteiger partial charge in [-0.2, -0.15) is 5.10 Å². The normalized spacial score (nSPS) is 11.5. The Kier molecular flexibility index (Phi) is 6.53. The molecule has 2 aromatic carbocycles. The Balaban J connectivity index is 1.48. The van der Waals surface area contributed by atoms with E-state index in [1.165, 1.54) is 26.2 Å². The van der Waals surface area contributed by atoms with Crippen LogP contribution >= 0.6 is 0 Å². The second kappa shape index (κ2) is 9.10. The van der Waals surface area contributed by atoms with Crippen LogP contribution in [-0.2, 0) is 14.8 Å². The highest BCUT2D eigenvalue weighted by Gasteiger charge is 2.16. The van der Waals surface area contributed by atoms with Crippen molar-refractivity contribution < 1.29 is 22.7 Å². The van der Waals surface area contributed by atoms with Crippen LogP contribution in [0.25, 0.3) is 5.69 Å². The molecule has 0 aliphatic rings. The third-order valence-corrected chi connectivity index (χ3v) is 6.20. The Bertz CT molecular complexity index is 1100. The number of hydrogen-bond donors (Lipinski definition) is 0. The first-order valence-corrected chi connectivity index (χ1v) is 10.7. The molecule has 3 rings (SSSR count). The van der Waals surface area contributed by atoms with Crippen molar-refractivity contribution in [1.82, 2.24) is 14.1 Å². The maximum Gasteiger partial charge on any atom is 0.338 e. The number of benzene rings is 2. The highest BCUT2D eigenvalue weighted by atomic mass is 32.2. The van der Waals surface area contributed by atoms with Crippen molar-refractivity contribution in [1.29, 1.82) is 0 Å². The van der Waals surface area contributed by atoms with Gasteiger partial charge in [-0.15, -0.1) is 0 Å². The van der Waals surface area contributed by atoms with Gasteiger partial charge in [-0.05, 0) is 61.5 Å². The summed E-state index contributed by atoms with van der Waals surface area (Å²) >= 11 is 0. The van der Waals surface area contributed by atoms with Crippen LogP contribution in [0.15, 0.2) is 65.7 Å². The molecular weight excluding hydrogens is 406 g/mol. The van der Waals surface area contributed by atoms with Crippen LogP contribution in [0.4, 0.5) is 0 Å². The first kappa shape index (κ1) is 21.5. The quantitative estimate of drug-likeness (QED) is 0.404. The van der Waals surface area contributed by atoms with Crippen molar-refractivity contribution in [2.24, 2.45) is 0 Å². The lowest BCUT2D eigenvalue weighted by molar-refractivity contribution is 0.0450. The van der Waals surface area contributed by atoms with E-state index in [4.69, 9.17) is 9.47 Å². The molecule has 0 N–H and O–H groups in total. The lowest BCUT2D eigenvalue weighted by Gasteiger charge is -2.12. The number of esters is 1. The summed E-state index contributed by atoms with van der Waals surface area (Å²) in [6.45, 7) is 2.16. The monoisotopic (exact) mass is 429 g/mol. The molecule has 1 aromatic heterocycles. The van der Waals surface area contributed by atoms with Gasteiger partial charge in [0.25, 0.3) is 0 Å². The second-order valence-corrected chi connectivity index (χ2v) is 8.83. The molecule has 0 saturated heterocycles. The standard InChI is InChI=1S/C21H23N3O5S/c1-16-12-13-22-24(16)18-6-4-17(5-7-18)21(25)29-15-14-28-19-8-10-20(11-9-19)30(26,27)23(2)3/h4-13H,14-15H2,1-3H3. The third-order valence-electron chi connectivity index (χ3n) is 4.37. The van der Waals surface area contributed by atoms with Crippen LogP contribution in [-0.4, -0.2) is 55.8 Å². The van der Waals surface area contributed by atoms with Crippen LogP contribution in [0.2, 0.25) is 0 Å². The zero-order valence-electron chi connectivity index (χ0n) is 17.0. The molecule has 0 aliphatic heterocycles. The van der Waals surface area contributed by atoms with Crippen LogP contribution in [0, 0.1) is 6.92 Å². The summed E-state index contributed by atoms with van der Waals surface area (Å²) in [5.41, 5.74) is 2.29. The Morgan fingerprint density at radius 2 is 1.67 bits per heavy atom. The number of aryl methyl sites for hydroxylation is 1. The largest absolute Gasteiger partial charge is 0.490 e. The Morgan fingerprint density at radius 3 is 2.23 bits per heavy atom. The number of rotatable bonds is 8. The fourth-order valence-corrected chi connectivity index (χ4v) is 3.58. The highest BCUT2D eigenvalue weighted by Crippen LogP contribution is 2.18. The molecule has 158 valence electrons. The van der Waals surface area contributed by atoms with Gasteiger partial charge >= 0.3 is 5.97 Å². The molecule has 0 saturated carbocycles. The summed E-state index contributed by atoms with van der Waals surface area (Å²) in [7, 11) is -0.533. The van der Waals surface area contributed by atoms with Crippen molar-refractivity contribution in [3.63, 3.8) is 0 Å². The van der Waals surface area contributed by atoms with Crippen LogP contribution in [0.1, 0.15) is 16.1 Å². The second-order valence-electron chi connectivity index (χ2n) is 6.67. The number of carbonyl (C=O) groups excluding carboxylic acids is 1. The fraction of sp³-hybridized carbons (Fsp3) is 0.238. The summed E-state index contributed by atoms with van der Waals surface area (Å²) in [5, 5.41) is 4.23. The molecule has 0 aliphatic carbocycles. The van der Waals surface area contributed by atoms with Crippen LogP contribution in [0.5, 0.6) is 5.75 Å². The van der Waals surface area contributed by atoms with Crippen LogP contribution < -0.4 is 4.74 Å². The van der Waals surface area contributed by atoms with Gasteiger partial charge in [0.2, 0.25) is 10.0 Å². The predicted octanol–water partition coefficient (Wildman–Crippen LogP) is 2.67. The summed E-state index contributed by atoms with van der Waals surface area (Å²) in [6, 6.07) is 14.9. The average molecular weight is 429 g/mol. The van der Waals surface area contributed by atoms with E-state index in [9.17, 15) is 13.2 Å². The maximum absolute atomic E-state index is 12.2. The van der Waals surface area contributed by atoms with Gasteiger partial charge in [0.15, 0.2) is 0 Å². The Hall–Kier alpha value is -3.17. The highest BCUT2D eigenvalue weighted by molar-refractivity contribution is 7.89. The molecule has 0 unspecified atom stereocenters. The van der Waals surface area contributed by atoms with E-state index in [0.29, 0.717) is 11.3 Å².